The van der Waals surface area contributed by atoms with Gasteiger partial charge in [0.05, 0.1) is 0 Å². The molecule has 2 N–H and O–H groups in total. The highest BCUT2D eigenvalue weighted by Gasteiger charge is 2.09. The highest BCUT2D eigenvalue weighted by Crippen LogP contribution is 2.16. The van der Waals surface area contributed by atoms with E-state index >= 15 is 0 Å². The van der Waals surface area contributed by atoms with Crippen LogP contribution in [0.25, 0.3) is 0 Å². The number of hydrogen-bond donors (Lipinski definition) is 2. The summed E-state index contributed by atoms with van der Waals surface area (Å²) in [5.74, 6) is -0.334. The third kappa shape index (κ3) is 4.43. The second kappa shape index (κ2) is 7.75. The maximum Gasteiger partial charge on any atom is 0.255 e. The number of carbonyl (C=O) groups excluding carboxylic acids is 2. The monoisotopic (exact) mass is 360 g/mol. The molecule has 0 radical (unpaired) electrons. The third-order valence-corrected chi connectivity index (χ3v) is 3.52. The van der Waals surface area contributed by atoms with Gasteiger partial charge in [0.2, 0.25) is 0 Å². The number of hydrogen-bond acceptors (Lipinski definition) is 2. The molecule has 22 heavy (non-hydrogen) atoms. The van der Waals surface area contributed by atoms with Crippen LogP contribution in [0.1, 0.15) is 34.1 Å². The maximum absolute atomic E-state index is 12.2. The molecular weight excluding hydrogens is 344 g/mol. The van der Waals surface area contributed by atoms with Crippen molar-refractivity contribution in [3.05, 3.63) is 64.1 Å². The Morgan fingerprint density at radius 1 is 1.00 bits per heavy atom. The van der Waals surface area contributed by atoms with E-state index in [2.05, 4.69) is 26.6 Å². The van der Waals surface area contributed by atoms with Crippen molar-refractivity contribution < 1.29 is 9.59 Å². The van der Waals surface area contributed by atoms with Crippen LogP contribution in [-0.2, 0) is 0 Å². The second-order valence-electron chi connectivity index (χ2n) is 4.80. The van der Waals surface area contributed by atoms with E-state index in [1.807, 2.05) is 31.2 Å². The molecule has 0 fully saturated rings. The smallest absolute Gasteiger partial charge is 0.255 e. The third-order valence-electron chi connectivity index (χ3n) is 3.03. The standard InChI is InChI=1S/C17H17BrN2O2/c1-2-10-19-16(21)12-6-8-13(9-7-12)17(22)20-15-5-3-4-14(18)11-15/h3-9,11H,2,10H2,1H3,(H,19,21)(H,20,22). The van der Waals surface area contributed by atoms with Gasteiger partial charge < -0.3 is 10.6 Å². The molecule has 0 aliphatic carbocycles. The molecule has 2 aromatic rings. The number of amides is 2. The van der Waals surface area contributed by atoms with Crippen molar-refractivity contribution in [1.29, 1.82) is 0 Å². The molecule has 2 rings (SSSR count). The average molecular weight is 361 g/mol. The summed E-state index contributed by atoms with van der Waals surface area (Å²) in [5.41, 5.74) is 1.77. The van der Waals surface area contributed by atoms with Crippen LogP contribution in [0.3, 0.4) is 0 Å². The molecule has 0 bridgehead atoms. The summed E-state index contributed by atoms with van der Waals surface area (Å²) in [5, 5.41) is 5.61. The number of nitrogens with one attached hydrogen (secondary N) is 2. The highest BCUT2D eigenvalue weighted by atomic mass is 79.9. The van der Waals surface area contributed by atoms with E-state index < -0.39 is 0 Å². The molecule has 0 aliphatic heterocycles. The molecule has 2 aromatic carbocycles. The molecule has 0 atom stereocenters. The van der Waals surface area contributed by atoms with Crippen LogP contribution in [0.15, 0.2) is 53.0 Å². The number of rotatable bonds is 5. The first kappa shape index (κ1) is 16.2. The first-order valence-electron chi connectivity index (χ1n) is 7.05. The van der Waals surface area contributed by atoms with E-state index in [1.54, 1.807) is 24.3 Å². The van der Waals surface area contributed by atoms with Gasteiger partial charge in [0.15, 0.2) is 0 Å². The summed E-state index contributed by atoms with van der Waals surface area (Å²) in [6.07, 6.45) is 0.888. The molecule has 0 heterocycles. The summed E-state index contributed by atoms with van der Waals surface area (Å²) >= 11 is 3.36. The lowest BCUT2D eigenvalue weighted by atomic mass is 10.1. The lowest BCUT2D eigenvalue weighted by Crippen LogP contribution is -2.24. The van der Waals surface area contributed by atoms with Crippen molar-refractivity contribution in [2.75, 3.05) is 11.9 Å². The zero-order valence-corrected chi connectivity index (χ0v) is 13.8. The number of carbonyl (C=O) groups is 2. The largest absolute Gasteiger partial charge is 0.352 e. The average Bonchev–Trinajstić information content (AvgIpc) is 2.52. The van der Waals surface area contributed by atoms with Crippen LogP contribution in [0.4, 0.5) is 5.69 Å². The molecule has 5 heteroatoms. The Morgan fingerprint density at radius 3 is 2.23 bits per heavy atom. The van der Waals surface area contributed by atoms with Crippen LogP contribution in [0, 0.1) is 0 Å². The van der Waals surface area contributed by atoms with Gasteiger partial charge in [-0.3, -0.25) is 9.59 Å². The number of halogens is 1. The Kier molecular flexibility index (Phi) is 5.72. The molecule has 4 nitrogen and oxygen atoms in total. The van der Waals surface area contributed by atoms with E-state index in [0.717, 1.165) is 10.9 Å². The lowest BCUT2D eigenvalue weighted by Gasteiger charge is -2.07. The predicted molar refractivity (Wildman–Crippen MR) is 91.2 cm³/mol. The number of anilines is 1. The Hall–Kier alpha value is -2.14. The minimum atomic E-state index is -0.210. The fraction of sp³-hybridized carbons (Fsp3) is 0.176. The minimum absolute atomic E-state index is 0.124. The zero-order valence-electron chi connectivity index (χ0n) is 12.2. The lowest BCUT2D eigenvalue weighted by molar-refractivity contribution is 0.0951. The fourth-order valence-corrected chi connectivity index (χ4v) is 2.28. The van der Waals surface area contributed by atoms with Crippen molar-refractivity contribution in [1.82, 2.24) is 5.32 Å². The van der Waals surface area contributed by atoms with E-state index in [0.29, 0.717) is 23.4 Å². The van der Waals surface area contributed by atoms with E-state index in [-0.39, 0.29) is 11.8 Å². The van der Waals surface area contributed by atoms with Crippen LogP contribution in [-0.4, -0.2) is 18.4 Å². The van der Waals surface area contributed by atoms with Crippen molar-refractivity contribution in [2.45, 2.75) is 13.3 Å². The summed E-state index contributed by atoms with van der Waals surface area (Å²) < 4.78 is 0.897. The van der Waals surface area contributed by atoms with Crippen molar-refractivity contribution in [2.24, 2.45) is 0 Å². The van der Waals surface area contributed by atoms with Gasteiger partial charge in [0.1, 0.15) is 0 Å². The Labute approximate surface area is 138 Å². The van der Waals surface area contributed by atoms with E-state index in [9.17, 15) is 9.59 Å². The normalized spacial score (nSPS) is 10.1. The van der Waals surface area contributed by atoms with E-state index in [1.165, 1.54) is 0 Å². The van der Waals surface area contributed by atoms with Crippen LogP contribution >= 0.6 is 15.9 Å². The maximum atomic E-state index is 12.2. The quantitative estimate of drug-likeness (QED) is 0.850. The molecule has 0 aromatic heterocycles. The first-order chi connectivity index (χ1) is 10.6. The molecule has 0 unspecified atom stereocenters. The van der Waals surface area contributed by atoms with Crippen LogP contribution in [0.5, 0.6) is 0 Å². The first-order valence-corrected chi connectivity index (χ1v) is 7.84. The fourth-order valence-electron chi connectivity index (χ4n) is 1.88. The van der Waals surface area contributed by atoms with Gasteiger partial charge in [-0.05, 0) is 48.9 Å². The second-order valence-corrected chi connectivity index (χ2v) is 5.71. The van der Waals surface area contributed by atoms with Gasteiger partial charge in [0.25, 0.3) is 11.8 Å². The van der Waals surface area contributed by atoms with Gasteiger partial charge in [-0.1, -0.05) is 28.9 Å². The zero-order chi connectivity index (χ0) is 15.9. The van der Waals surface area contributed by atoms with Gasteiger partial charge >= 0.3 is 0 Å². The molecule has 114 valence electrons. The topological polar surface area (TPSA) is 58.2 Å². The SMILES string of the molecule is CCCNC(=O)c1ccc(C(=O)Nc2cccc(Br)c2)cc1. The Morgan fingerprint density at radius 2 is 1.64 bits per heavy atom. The summed E-state index contributed by atoms with van der Waals surface area (Å²) in [6.45, 7) is 2.64. The van der Waals surface area contributed by atoms with Crippen LogP contribution < -0.4 is 10.6 Å². The van der Waals surface area contributed by atoms with Gasteiger partial charge in [0, 0.05) is 27.8 Å². The van der Waals surface area contributed by atoms with Crippen molar-refractivity contribution in [3.63, 3.8) is 0 Å². The van der Waals surface area contributed by atoms with Crippen molar-refractivity contribution in [3.8, 4) is 0 Å². The van der Waals surface area contributed by atoms with Gasteiger partial charge in [-0.25, -0.2) is 0 Å². The van der Waals surface area contributed by atoms with Gasteiger partial charge in [-0.15, -0.1) is 0 Å². The van der Waals surface area contributed by atoms with E-state index in [4.69, 9.17) is 0 Å². The highest BCUT2D eigenvalue weighted by molar-refractivity contribution is 9.10. The molecule has 0 saturated carbocycles. The van der Waals surface area contributed by atoms with Crippen LogP contribution in [0.2, 0.25) is 0 Å². The molecule has 2 amide bonds. The van der Waals surface area contributed by atoms with Crippen molar-refractivity contribution >= 4 is 33.4 Å². The van der Waals surface area contributed by atoms with Gasteiger partial charge in [-0.2, -0.15) is 0 Å². The summed E-state index contributed by atoms with van der Waals surface area (Å²) in [6, 6.07) is 14.0. The number of benzene rings is 2. The minimum Gasteiger partial charge on any atom is -0.352 e. The predicted octanol–water partition coefficient (Wildman–Crippen LogP) is 3.84. The summed E-state index contributed by atoms with van der Waals surface area (Å²) in [4.78, 5) is 23.9. The Bertz CT molecular complexity index is 669. The molecule has 0 saturated heterocycles. The summed E-state index contributed by atoms with van der Waals surface area (Å²) in [7, 11) is 0. The Balaban J connectivity index is 2.03. The molecule has 0 spiro atoms. The molecule has 0 aliphatic rings. The molecular formula is C17H17BrN2O2.